The molecule has 0 aromatic rings. The first-order valence-corrected chi connectivity index (χ1v) is 14.1. The number of aliphatic carboxylic acids is 1. The Morgan fingerprint density at radius 1 is 0.800 bits per heavy atom. The Bertz CT molecular complexity index is 569. The van der Waals surface area contributed by atoms with Crippen LogP contribution in [-0.4, -0.2) is 42.3 Å². The zero-order valence-corrected chi connectivity index (χ0v) is 24.0. The molecule has 0 rings (SSSR count). The summed E-state index contributed by atoms with van der Waals surface area (Å²) < 4.78 is 4.96. The van der Waals surface area contributed by atoms with Gasteiger partial charge < -0.3 is 9.84 Å². The number of carboxylic acids is 1. The summed E-state index contributed by atoms with van der Waals surface area (Å²) in [5.74, 6) is -1.13. The summed E-state index contributed by atoms with van der Waals surface area (Å²) in [6.07, 6.45) is 24.6. The molecule has 206 valence electrons. The first-order chi connectivity index (χ1) is 16.6. The molecule has 0 aliphatic heterocycles. The third kappa shape index (κ3) is 26.8. The van der Waals surface area contributed by atoms with Gasteiger partial charge in [0.15, 0.2) is 6.23 Å². The van der Waals surface area contributed by atoms with Gasteiger partial charge in [0.1, 0.15) is 0 Å². The Balaban J connectivity index is 0. The number of allylic oxidation sites excluding steroid dienone is 1. The number of nitrogens with zero attached hydrogens (tertiary/aromatic N) is 1. The van der Waals surface area contributed by atoms with E-state index < -0.39 is 5.97 Å². The molecule has 35 heavy (non-hydrogen) atoms. The van der Waals surface area contributed by atoms with E-state index in [0.717, 1.165) is 12.8 Å². The molecule has 0 aliphatic carbocycles. The van der Waals surface area contributed by atoms with Crippen molar-refractivity contribution in [2.45, 2.75) is 143 Å². The van der Waals surface area contributed by atoms with Crippen LogP contribution in [0.5, 0.6) is 0 Å². The first-order valence-electron chi connectivity index (χ1n) is 14.1. The van der Waals surface area contributed by atoms with Crippen LogP contribution in [0.15, 0.2) is 23.8 Å². The van der Waals surface area contributed by atoms with Gasteiger partial charge in [-0.2, -0.15) is 0 Å². The number of hydrogen-bond donors (Lipinski definition) is 1. The quantitative estimate of drug-likeness (QED) is 0.0746. The largest absolute Gasteiger partial charge is 0.478 e. The van der Waals surface area contributed by atoms with E-state index in [-0.39, 0.29) is 12.2 Å². The highest BCUT2D eigenvalue weighted by Crippen LogP contribution is 2.14. The lowest BCUT2D eigenvalue weighted by atomic mass is 10.0. The number of carbonyl (C=O) groups excluding carboxylic acids is 1. The van der Waals surface area contributed by atoms with Gasteiger partial charge in [0.05, 0.1) is 0 Å². The van der Waals surface area contributed by atoms with Crippen LogP contribution >= 0.6 is 0 Å². The maximum Gasteiger partial charge on any atom is 0.334 e. The SMILES string of the molecule is C=C(C)C(=O)OC(C)N(C)C.CCCCCCCCCCCCCCCCCCC=C(C)C(=O)O. The highest BCUT2D eigenvalue weighted by atomic mass is 16.6. The van der Waals surface area contributed by atoms with Crippen LogP contribution in [0.1, 0.15) is 137 Å². The highest BCUT2D eigenvalue weighted by Gasteiger charge is 2.10. The lowest BCUT2D eigenvalue weighted by Gasteiger charge is -2.19. The number of ether oxygens (including phenoxy) is 1. The van der Waals surface area contributed by atoms with Crippen LogP contribution in [0.25, 0.3) is 0 Å². The predicted octanol–water partition coefficient (Wildman–Crippen LogP) is 8.68. The molecule has 0 aromatic heterocycles. The zero-order chi connectivity index (χ0) is 26.9. The summed E-state index contributed by atoms with van der Waals surface area (Å²) in [6, 6.07) is 0. The summed E-state index contributed by atoms with van der Waals surface area (Å²) in [5.41, 5.74) is 0.912. The van der Waals surface area contributed by atoms with Gasteiger partial charge in [-0.15, -0.1) is 0 Å². The maximum atomic E-state index is 10.9. The fraction of sp³-hybridized carbons (Fsp3) is 0.800. The van der Waals surface area contributed by atoms with E-state index in [2.05, 4.69) is 13.5 Å². The summed E-state index contributed by atoms with van der Waals surface area (Å²) in [4.78, 5) is 23.3. The number of carboxylic acid groups (broad SMARTS) is 1. The molecule has 0 saturated heterocycles. The normalized spacial score (nSPS) is 12.1. The molecule has 1 N–H and O–H groups in total. The average Bonchev–Trinajstić information content (AvgIpc) is 2.81. The van der Waals surface area contributed by atoms with Gasteiger partial charge >= 0.3 is 11.9 Å². The molecule has 0 amide bonds. The smallest absolute Gasteiger partial charge is 0.334 e. The minimum Gasteiger partial charge on any atom is -0.478 e. The van der Waals surface area contributed by atoms with Gasteiger partial charge in [-0.05, 0) is 47.7 Å². The van der Waals surface area contributed by atoms with Crippen molar-refractivity contribution in [2.24, 2.45) is 0 Å². The molecule has 0 saturated carbocycles. The molecule has 0 bridgehead atoms. The van der Waals surface area contributed by atoms with Crippen LogP contribution in [0, 0.1) is 0 Å². The van der Waals surface area contributed by atoms with Crippen LogP contribution in [0.4, 0.5) is 0 Å². The van der Waals surface area contributed by atoms with Crippen molar-refractivity contribution in [3.63, 3.8) is 0 Å². The van der Waals surface area contributed by atoms with Gasteiger partial charge in [0, 0.05) is 11.1 Å². The van der Waals surface area contributed by atoms with Crippen LogP contribution in [0.2, 0.25) is 0 Å². The minimum absolute atomic E-state index is 0.195. The summed E-state index contributed by atoms with van der Waals surface area (Å²) in [5, 5.41) is 8.75. The van der Waals surface area contributed by atoms with Gasteiger partial charge in [-0.25, -0.2) is 9.59 Å². The maximum absolute atomic E-state index is 10.9. The van der Waals surface area contributed by atoms with Gasteiger partial charge in [0.25, 0.3) is 0 Å². The number of unbranched alkanes of at least 4 members (excludes halogenated alkanes) is 16. The fourth-order valence-electron chi connectivity index (χ4n) is 3.46. The number of carbonyl (C=O) groups is 2. The third-order valence-electron chi connectivity index (χ3n) is 6.20. The molecular weight excluding hydrogens is 438 g/mol. The highest BCUT2D eigenvalue weighted by molar-refractivity contribution is 5.87. The van der Waals surface area contributed by atoms with E-state index in [1.165, 1.54) is 96.3 Å². The lowest BCUT2D eigenvalue weighted by molar-refractivity contribution is -0.150. The molecule has 0 fully saturated rings. The predicted molar refractivity (Wildman–Crippen MR) is 150 cm³/mol. The lowest BCUT2D eigenvalue weighted by Crippen LogP contribution is -2.30. The minimum atomic E-state index is -0.786. The van der Waals surface area contributed by atoms with E-state index in [1.54, 1.807) is 25.7 Å². The number of hydrogen-bond acceptors (Lipinski definition) is 4. The third-order valence-corrected chi connectivity index (χ3v) is 6.20. The van der Waals surface area contributed by atoms with E-state index >= 15 is 0 Å². The van der Waals surface area contributed by atoms with E-state index in [4.69, 9.17) is 9.84 Å². The monoisotopic (exact) mass is 495 g/mol. The topological polar surface area (TPSA) is 66.8 Å². The van der Waals surface area contributed by atoms with Crippen LogP contribution < -0.4 is 0 Å². The Morgan fingerprint density at radius 3 is 1.49 bits per heavy atom. The van der Waals surface area contributed by atoms with Crippen molar-refractivity contribution in [3.05, 3.63) is 23.8 Å². The molecule has 0 aromatic carbocycles. The second-order valence-corrected chi connectivity index (χ2v) is 10.0. The van der Waals surface area contributed by atoms with Crippen molar-refractivity contribution in [2.75, 3.05) is 14.1 Å². The van der Waals surface area contributed by atoms with E-state index in [1.807, 2.05) is 20.2 Å². The standard InChI is InChI=1S/C22H42O2.C8H15NO2/c1-3-4-5-6-7-8-9-10-11-12-13-14-15-16-17-18-19-20-21(2)22(23)24;1-6(2)8(10)11-7(3)9(4)5/h20H,3-19H2,1-2H3,(H,23,24);7H,1H2,2-5H3. The number of esters is 1. The average molecular weight is 496 g/mol. The van der Waals surface area contributed by atoms with Crippen molar-refractivity contribution >= 4 is 11.9 Å². The first kappa shape index (κ1) is 35.5. The second-order valence-electron chi connectivity index (χ2n) is 10.0. The Kier molecular flexibility index (Phi) is 25.9. The second kappa shape index (κ2) is 25.5. The Hall–Kier alpha value is -1.62. The molecule has 0 heterocycles. The molecule has 5 nitrogen and oxygen atoms in total. The summed E-state index contributed by atoms with van der Waals surface area (Å²) >= 11 is 0. The number of rotatable bonds is 21. The Morgan fingerprint density at radius 2 is 1.17 bits per heavy atom. The van der Waals surface area contributed by atoms with Gasteiger partial charge in [-0.3, -0.25) is 4.90 Å². The molecule has 5 heteroatoms. The van der Waals surface area contributed by atoms with Gasteiger partial charge in [-0.1, -0.05) is 116 Å². The van der Waals surface area contributed by atoms with E-state index in [0.29, 0.717) is 11.1 Å². The van der Waals surface area contributed by atoms with Crippen molar-refractivity contribution in [1.29, 1.82) is 0 Å². The molecule has 0 spiro atoms. The zero-order valence-electron chi connectivity index (χ0n) is 24.0. The van der Waals surface area contributed by atoms with Crippen molar-refractivity contribution < 1.29 is 19.4 Å². The van der Waals surface area contributed by atoms with Crippen molar-refractivity contribution in [1.82, 2.24) is 4.90 Å². The molecule has 0 radical (unpaired) electrons. The molecule has 0 aliphatic rings. The van der Waals surface area contributed by atoms with Crippen molar-refractivity contribution in [3.8, 4) is 0 Å². The van der Waals surface area contributed by atoms with Gasteiger partial charge in [0.2, 0.25) is 0 Å². The van der Waals surface area contributed by atoms with Crippen LogP contribution in [-0.2, 0) is 14.3 Å². The Labute approximate surface area is 217 Å². The summed E-state index contributed by atoms with van der Waals surface area (Å²) in [6.45, 7) is 10.9. The van der Waals surface area contributed by atoms with Crippen LogP contribution in [0.3, 0.4) is 0 Å². The molecular formula is C30H57NO4. The summed E-state index contributed by atoms with van der Waals surface area (Å²) in [7, 11) is 3.69. The van der Waals surface area contributed by atoms with E-state index in [9.17, 15) is 9.59 Å². The fourth-order valence-corrected chi connectivity index (χ4v) is 3.46. The molecule has 1 atom stereocenters. The molecule has 1 unspecified atom stereocenters.